The second-order valence-electron chi connectivity index (χ2n) is 5.75. The molecule has 1 aromatic heterocycles. The molecule has 2 aromatic carbocycles. The van der Waals surface area contributed by atoms with Crippen LogP contribution in [0.5, 0.6) is 5.75 Å². The molecular weight excluding hydrogens is 338 g/mol. The first-order valence-electron chi connectivity index (χ1n) is 8.25. The number of H-pyrrole nitrogens is 1. The molecular formula is C20H18F2N2O2. The highest BCUT2D eigenvalue weighted by Gasteiger charge is 2.10. The number of carbonyl (C=O) groups is 1. The fraction of sp³-hybridized carbons (Fsp3) is 0.150. The molecule has 0 aliphatic rings. The highest BCUT2D eigenvalue weighted by atomic mass is 19.2. The second-order valence-corrected chi connectivity index (χ2v) is 5.75. The number of benzene rings is 2. The summed E-state index contributed by atoms with van der Waals surface area (Å²) in [6, 6.07) is 9.47. The smallest absolute Gasteiger partial charge is 0.248 e. The number of hydrogen-bond donors (Lipinski definition) is 2. The molecule has 3 rings (SSSR count). The minimum absolute atomic E-state index is 0.373. The third-order valence-corrected chi connectivity index (χ3v) is 3.76. The van der Waals surface area contributed by atoms with Crippen molar-refractivity contribution in [1.29, 1.82) is 0 Å². The number of rotatable bonds is 6. The zero-order valence-corrected chi connectivity index (χ0v) is 14.2. The maximum atomic E-state index is 13.4. The van der Waals surface area contributed by atoms with Gasteiger partial charge < -0.3 is 15.0 Å². The van der Waals surface area contributed by atoms with Crippen LogP contribution in [0.2, 0.25) is 0 Å². The van der Waals surface area contributed by atoms with Gasteiger partial charge in [-0.15, -0.1) is 0 Å². The first kappa shape index (κ1) is 17.7. The van der Waals surface area contributed by atoms with E-state index in [2.05, 4.69) is 10.3 Å². The molecule has 134 valence electrons. The SMILES string of the molecule is CCCOc1ccc(/C=C/C(=O)Nc2c[nH]c3cc(F)c(F)cc23)cc1. The summed E-state index contributed by atoms with van der Waals surface area (Å²) >= 11 is 0. The van der Waals surface area contributed by atoms with Crippen LogP contribution >= 0.6 is 0 Å². The fourth-order valence-electron chi connectivity index (χ4n) is 2.46. The first-order valence-corrected chi connectivity index (χ1v) is 8.25. The predicted molar refractivity (Wildman–Crippen MR) is 98.1 cm³/mol. The van der Waals surface area contributed by atoms with E-state index in [9.17, 15) is 13.6 Å². The molecule has 0 unspecified atom stereocenters. The molecule has 1 heterocycles. The van der Waals surface area contributed by atoms with Gasteiger partial charge in [0.05, 0.1) is 17.8 Å². The van der Waals surface area contributed by atoms with Crippen molar-refractivity contribution in [2.75, 3.05) is 11.9 Å². The molecule has 4 nitrogen and oxygen atoms in total. The number of nitrogens with one attached hydrogen (secondary N) is 2. The van der Waals surface area contributed by atoms with Crippen molar-refractivity contribution < 1.29 is 18.3 Å². The zero-order chi connectivity index (χ0) is 18.5. The van der Waals surface area contributed by atoms with Crippen LogP contribution in [0.15, 0.2) is 48.7 Å². The lowest BCUT2D eigenvalue weighted by Gasteiger charge is -2.04. The molecule has 0 saturated heterocycles. The van der Waals surface area contributed by atoms with Gasteiger partial charge in [0.2, 0.25) is 5.91 Å². The van der Waals surface area contributed by atoms with Gasteiger partial charge >= 0.3 is 0 Å². The number of fused-ring (bicyclic) bond motifs is 1. The van der Waals surface area contributed by atoms with E-state index < -0.39 is 11.6 Å². The molecule has 1 amide bonds. The summed E-state index contributed by atoms with van der Waals surface area (Å²) < 4.78 is 32.1. The lowest BCUT2D eigenvalue weighted by Crippen LogP contribution is -2.07. The molecule has 0 saturated carbocycles. The van der Waals surface area contributed by atoms with E-state index in [1.165, 1.54) is 12.3 Å². The molecule has 0 bridgehead atoms. The van der Waals surface area contributed by atoms with E-state index in [4.69, 9.17) is 4.74 Å². The Kier molecular flexibility index (Phi) is 5.31. The third-order valence-electron chi connectivity index (χ3n) is 3.76. The summed E-state index contributed by atoms with van der Waals surface area (Å²) in [5.41, 5.74) is 1.64. The van der Waals surface area contributed by atoms with Crippen LogP contribution in [0.3, 0.4) is 0 Å². The molecule has 0 fully saturated rings. The van der Waals surface area contributed by atoms with Crippen molar-refractivity contribution >= 4 is 28.6 Å². The largest absolute Gasteiger partial charge is 0.494 e. The maximum Gasteiger partial charge on any atom is 0.248 e. The van der Waals surface area contributed by atoms with Crippen LogP contribution in [0, 0.1) is 11.6 Å². The monoisotopic (exact) mass is 356 g/mol. The van der Waals surface area contributed by atoms with Crippen molar-refractivity contribution in [3.05, 3.63) is 65.9 Å². The van der Waals surface area contributed by atoms with Gasteiger partial charge in [-0.1, -0.05) is 19.1 Å². The Hall–Kier alpha value is -3.15. The molecule has 0 radical (unpaired) electrons. The quantitative estimate of drug-likeness (QED) is 0.618. The van der Waals surface area contributed by atoms with Gasteiger partial charge in [0.25, 0.3) is 0 Å². The number of aromatic amines is 1. The van der Waals surface area contributed by atoms with Crippen LogP contribution in [-0.4, -0.2) is 17.5 Å². The number of aromatic nitrogens is 1. The van der Waals surface area contributed by atoms with Crippen LogP contribution in [-0.2, 0) is 4.79 Å². The Bertz CT molecular complexity index is 946. The Morgan fingerprint density at radius 2 is 1.92 bits per heavy atom. The van der Waals surface area contributed by atoms with Gasteiger partial charge in [-0.3, -0.25) is 4.79 Å². The third kappa shape index (κ3) is 4.08. The summed E-state index contributed by atoms with van der Waals surface area (Å²) in [4.78, 5) is 14.9. The summed E-state index contributed by atoms with van der Waals surface area (Å²) in [5.74, 6) is -1.50. The van der Waals surface area contributed by atoms with Crippen molar-refractivity contribution in [2.24, 2.45) is 0 Å². The number of hydrogen-bond acceptors (Lipinski definition) is 2. The second kappa shape index (κ2) is 7.82. The van der Waals surface area contributed by atoms with E-state index in [1.807, 2.05) is 31.2 Å². The van der Waals surface area contributed by atoms with Crippen molar-refractivity contribution in [1.82, 2.24) is 4.98 Å². The Morgan fingerprint density at radius 1 is 1.19 bits per heavy atom. The van der Waals surface area contributed by atoms with Crippen molar-refractivity contribution in [3.8, 4) is 5.75 Å². The van der Waals surface area contributed by atoms with Crippen molar-refractivity contribution in [3.63, 3.8) is 0 Å². The molecule has 0 atom stereocenters. The topological polar surface area (TPSA) is 54.1 Å². The summed E-state index contributed by atoms with van der Waals surface area (Å²) in [5, 5.41) is 3.06. The molecule has 3 aromatic rings. The van der Waals surface area contributed by atoms with Gasteiger partial charge in [-0.25, -0.2) is 8.78 Å². The highest BCUT2D eigenvalue weighted by Crippen LogP contribution is 2.25. The lowest BCUT2D eigenvalue weighted by atomic mass is 10.2. The van der Waals surface area contributed by atoms with Gasteiger partial charge in [0, 0.05) is 23.7 Å². The standard InChI is InChI=1S/C20H18F2N2O2/c1-2-9-26-14-6-3-13(4-7-14)5-8-20(25)24-19-12-23-18-11-17(22)16(21)10-15(18)19/h3-8,10-12,23H,2,9H2,1H3,(H,24,25)/b8-5+. The normalized spacial score (nSPS) is 11.2. The molecule has 2 N–H and O–H groups in total. The molecule has 26 heavy (non-hydrogen) atoms. The molecule has 0 aliphatic carbocycles. The number of halogens is 2. The Labute approximate surface area is 149 Å². The first-order chi connectivity index (χ1) is 12.6. The van der Waals surface area contributed by atoms with Crippen LogP contribution < -0.4 is 10.1 Å². The van der Waals surface area contributed by atoms with E-state index >= 15 is 0 Å². The number of amides is 1. The summed E-state index contributed by atoms with van der Waals surface area (Å²) in [6.45, 7) is 2.70. The predicted octanol–water partition coefficient (Wildman–Crippen LogP) is 4.89. The Morgan fingerprint density at radius 3 is 2.65 bits per heavy atom. The molecule has 6 heteroatoms. The number of ether oxygens (including phenoxy) is 1. The van der Waals surface area contributed by atoms with Crippen LogP contribution in [0.4, 0.5) is 14.5 Å². The van der Waals surface area contributed by atoms with Gasteiger partial charge in [-0.05, 0) is 36.3 Å². The fourth-order valence-corrected chi connectivity index (χ4v) is 2.46. The zero-order valence-electron chi connectivity index (χ0n) is 14.2. The summed E-state index contributed by atoms with van der Waals surface area (Å²) in [7, 11) is 0. The van der Waals surface area contributed by atoms with Gasteiger partial charge in [-0.2, -0.15) is 0 Å². The number of anilines is 1. The highest BCUT2D eigenvalue weighted by molar-refractivity contribution is 6.07. The molecule has 0 spiro atoms. The minimum atomic E-state index is -0.964. The van der Waals surface area contributed by atoms with E-state index in [0.717, 1.165) is 29.9 Å². The van der Waals surface area contributed by atoms with Crippen LogP contribution in [0.1, 0.15) is 18.9 Å². The Balaban J connectivity index is 1.67. The van der Waals surface area contributed by atoms with E-state index in [0.29, 0.717) is 23.2 Å². The number of carbonyl (C=O) groups excluding carboxylic acids is 1. The van der Waals surface area contributed by atoms with E-state index in [-0.39, 0.29) is 5.91 Å². The van der Waals surface area contributed by atoms with Gasteiger partial charge in [0.15, 0.2) is 11.6 Å². The van der Waals surface area contributed by atoms with E-state index in [1.54, 1.807) is 6.08 Å². The van der Waals surface area contributed by atoms with Crippen molar-refractivity contribution in [2.45, 2.75) is 13.3 Å². The summed E-state index contributed by atoms with van der Waals surface area (Å²) in [6.07, 6.45) is 5.47. The maximum absolute atomic E-state index is 13.4. The van der Waals surface area contributed by atoms with Gasteiger partial charge in [0.1, 0.15) is 5.75 Å². The minimum Gasteiger partial charge on any atom is -0.494 e. The average molecular weight is 356 g/mol. The average Bonchev–Trinajstić information content (AvgIpc) is 3.01. The molecule has 0 aliphatic heterocycles. The van der Waals surface area contributed by atoms with Crippen LogP contribution in [0.25, 0.3) is 17.0 Å². The lowest BCUT2D eigenvalue weighted by molar-refractivity contribution is -0.111.